The highest BCUT2D eigenvalue weighted by molar-refractivity contribution is 9.10. The van der Waals surface area contributed by atoms with Gasteiger partial charge in [-0.3, -0.25) is 9.59 Å². The second-order valence-electron chi connectivity index (χ2n) is 9.09. The molecule has 5 aromatic rings. The van der Waals surface area contributed by atoms with Crippen molar-refractivity contribution in [1.82, 2.24) is 20.4 Å². The normalized spacial score (nSPS) is 11.2. The number of carbonyl (C=O) groups is 2. The highest BCUT2D eigenvalue weighted by atomic mass is 79.9. The second kappa shape index (κ2) is 12.9. The lowest BCUT2D eigenvalue weighted by atomic mass is 10.1. The van der Waals surface area contributed by atoms with Crippen LogP contribution in [0.1, 0.15) is 21.5 Å². The van der Waals surface area contributed by atoms with E-state index in [0.29, 0.717) is 29.8 Å². The van der Waals surface area contributed by atoms with E-state index in [1.54, 1.807) is 35.0 Å². The molecule has 0 aliphatic heterocycles. The molecular formula is C33H27BrN4O2. The van der Waals surface area contributed by atoms with Crippen LogP contribution in [0.3, 0.4) is 0 Å². The first-order chi connectivity index (χ1) is 19.6. The minimum atomic E-state index is -0.380. The largest absolute Gasteiger partial charge is 0.350 e. The number of halogens is 1. The molecule has 0 bridgehead atoms. The maximum Gasteiger partial charge on any atom is 0.267 e. The van der Waals surface area contributed by atoms with Gasteiger partial charge in [0.05, 0.1) is 5.69 Å². The molecular weight excluding hydrogens is 564 g/mol. The maximum atomic E-state index is 13.4. The fourth-order valence-corrected chi connectivity index (χ4v) is 4.46. The topological polar surface area (TPSA) is 76.0 Å². The standard InChI is InChI=1S/C33H27BrN4O2/c34-28-18-16-25(17-19-28)31-27(23-38(37-31)29-14-8-3-9-15-29)22-30(36-32(39)26-12-6-2-7-13-26)33(40)35-21-20-24-10-4-1-5-11-24/h1-19,22-23H,20-21H2,(H,35,40)(H,36,39)/b30-22-. The van der Waals surface area contributed by atoms with Crippen molar-refractivity contribution in [2.45, 2.75) is 6.42 Å². The zero-order chi connectivity index (χ0) is 27.7. The van der Waals surface area contributed by atoms with Gasteiger partial charge in [0.25, 0.3) is 11.8 Å². The van der Waals surface area contributed by atoms with Gasteiger partial charge in [0, 0.05) is 33.9 Å². The van der Waals surface area contributed by atoms with E-state index in [4.69, 9.17) is 5.10 Å². The minimum Gasteiger partial charge on any atom is -0.350 e. The summed E-state index contributed by atoms with van der Waals surface area (Å²) in [5.74, 6) is -0.750. The molecule has 40 heavy (non-hydrogen) atoms. The first-order valence-electron chi connectivity index (χ1n) is 12.9. The van der Waals surface area contributed by atoms with Gasteiger partial charge in [-0.05, 0) is 54.5 Å². The third kappa shape index (κ3) is 6.81. The van der Waals surface area contributed by atoms with Crippen LogP contribution in [0.5, 0.6) is 0 Å². The molecule has 0 saturated carbocycles. The van der Waals surface area contributed by atoms with Crippen molar-refractivity contribution in [3.8, 4) is 16.9 Å². The number of nitrogens with zero attached hydrogens (tertiary/aromatic N) is 2. The number of para-hydroxylation sites is 1. The average Bonchev–Trinajstić information content (AvgIpc) is 3.42. The Labute approximate surface area is 241 Å². The molecule has 198 valence electrons. The Balaban J connectivity index is 1.51. The van der Waals surface area contributed by atoms with Gasteiger partial charge in [0.1, 0.15) is 11.4 Å². The number of hydrogen-bond acceptors (Lipinski definition) is 3. The summed E-state index contributed by atoms with van der Waals surface area (Å²) in [7, 11) is 0. The molecule has 2 N–H and O–H groups in total. The van der Waals surface area contributed by atoms with Gasteiger partial charge in [-0.25, -0.2) is 4.68 Å². The molecule has 0 aliphatic carbocycles. The van der Waals surface area contributed by atoms with Crippen LogP contribution in [0.15, 0.2) is 132 Å². The van der Waals surface area contributed by atoms with E-state index in [9.17, 15) is 9.59 Å². The van der Waals surface area contributed by atoms with Gasteiger partial charge in [0.15, 0.2) is 0 Å². The first kappa shape index (κ1) is 26.8. The van der Waals surface area contributed by atoms with E-state index in [1.807, 2.05) is 97.2 Å². The third-order valence-corrected chi connectivity index (χ3v) is 6.78. The summed E-state index contributed by atoms with van der Waals surface area (Å²) in [6, 6.07) is 36.3. The fraction of sp³-hybridized carbons (Fsp3) is 0.0606. The van der Waals surface area contributed by atoms with Gasteiger partial charge in [0.2, 0.25) is 0 Å². The molecule has 5 rings (SSSR count). The predicted octanol–water partition coefficient (Wildman–Crippen LogP) is 6.43. The zero-order valence-electron chi connectivity index (χ0n) is 21.6. The van der Waals surface area contributed by atoms with Crippen LogP contribution in [-0.2, 0) is 11.2 Å². The Hall–Kier alpha value is -4.75. The zero-order valence-corrected chi connectivity index (χ0v) is 23.2. The number of rotatable bonds is 9. The van der Waals surface area contributed by atoms with Crippen molar-refractivity contribution >= 4 is 33.8 Å². The lowest BCUT2D eigenvalue weighted by molar-refractivity contribution is -0.117. The molecule has 7 heteroatoms. The number of carbonyl (C=O) groups excluding carboxylic acids is 2. The molecule has 0 spiro atoms. The summed E-state index contributed by atoms with van der Waals surface area (Å²) in [5, 5.41) is 10.6. The van der Waals surface area contributed by atoms with Crippen LogP contribution in [0.25, 0.3) is 23.0 Å². The van der Waals surface area contributed by atoms with Crippen molar-refractivity contribution in [2.24, 2.45) is 0 Å². The Morgan fingerprint density at radius 2 is 1.43 bits per heavy atom. The Bertz CT molecular complexity index is 1610. The molecule has 0 aliphatic rings. The summed E-state index contributed by atoms with van der Waals surface area (Å²) in [6.07, 6.45) is 4.21. The van der Waals surface area contributed by atoms with Crippen LogP contribution in [0, 0.1) is 0 Å². The van der Waals surface area contributed by atoms with E-state index in [2.05, 4.69) is 26.6 Å². The average molecular weight is 592 g/mol. The lowest BCUT2D eigenvalue weighted by Crippen LogP contribution is -2.35. The van der Waals surface area contributed by atoms with Crippen LogP contribution in [0.4, 0.5) is 0 Å². The van der Waals surface area contributed by atoms with Crippen molar-refractivity contribution in [2.75, 3.05) is 6.54 Å². The van der Waals surface area contributed by atoms with Crippen LogP contribution >= 0.6 is 15.9 Å². The number of nitrogens with one attached hydrogen (secondary N) is 2. The molecule has 0 radical (unpaired) electrons. The highest BCUT2D eigenvalue weighted by Crippen LogP contribution is 2.27. The Kier molecular flexibility index (Phi) is 8.63. The van der Waals surface area contributed by atoms with E-state index in [-0.39, 0.29) is 17.5 Å². The fourth-order valence-electron chi connectivity index (χ4n) is 4.20. The minimum absolute atomic E-state index is 0.132. The van der Waals surface area contributed by atoms with Gasteiger partial charge < -0.3 is 10.6 Å². The van der Waals surface area contributed by atoms with Crippen molar-refractivity contribution in [3.05, 3.63) is 148 Å². The number of hydrogen-bond donors (Lipinski definition) is 2. The maximum absolute atomic E-state index is 13.4. The second-order valence-corrected chi connectivity index (χ2v) is 10.0. The molecule has 1 aromatic heterocycles. The molecule has 4 aromatic carbocycles. The van der Waals surface area contributed by atoms with Gasteiger partial charge >= 0.3 is 0 Å². The van der Waals surface area contributed by atoms with Crippen LogP contribution in [0.2, 0.25) is 0 Å². The molecule has 0 unspecified atom stereocenters. The summed E-state index contributed by atoms with van der Waals surface area (Å²) < 4.78 is 2.72. The summed E-state index contributed by atoms with van der Waals surface area (Å²) >= 11 is 3.49. The SMILES string of the molecule is O=C(NCCc1ccccc1)/C(=C/c1cn(-c2ccccc2)nc1-c1ccc(Br)cc1)NC(=O)c1ccccc1. The van der Waals surface area contributed by atoms with E-state index < -0.39 is 0 Å². The summed E-state index contributed by atoms with van der Waals surface area (Å²) in [5.41, 5.74) is 4.83. The predicted molar refractivity (Wildman–Crippen MR) is 162 cm³/mol. The van der Waals surface area contributed by atoms with Gasteiger partial charge in [-0.2, -0.15) is 5.10 Å². The van der Waals surface area contributed by atoms with Crippen molar-refractivity contribution in [3.63, 3.8) is 0 Å². The monoisotopic (exact) mass is 590 g/mol. The van der Waals surface area contributed by atoms with E-state index in [1.165, 1.54) is 0 Å². The molecule has 0 fully saturated rings. The Morgan fingerprint density at radius 3 is 2.10 bits per heavy atom. The van der Waals surface area contributed by atoms with Crippen LogP contribution in [-0.4, -0.2) is 28.1 Å². The summed E-state index contributed by atoms with van der Waals surface area (Å²) in [4.78, 5) is 26.6. The van der Waals surface area contributed by atoms with Crippen LogP contribution < -0.4 is 10.6 Å². The molecule has 2 amide bonds. The number of amides is 2. The summed E-state index contributed by atoms with van der Waals surface area (Å²) in [6.45, 7) is 0.421. The number of aromatic nitrogens is 2. The first-order valence-corrected chi connectivity index (χ1v) is 13.7. The molecule has 0 saturated heterocycles. The molecule has 6 nitrogen and oxygen atoms in total. The third-order valence-electron chi connectivity index (χ3n) is 6.25. The smallest absolute Gasteiger partial charge is 0.267 e. The highest BCUT2D eigenvalue weighted by Gasteiger charge is 2.18. The molecule has 0 atom stereocenters. The Morgan fingerprint density at radius 1 is 0.800 bits per heavy atom. The van der Waals surface area contributed by atoms with Crippen molar-refractivity contribution in [1.29, 1.82) is 0 Å². The van der Waals surface area contributed by atoms with E-state index in [0.717, 1.165) is 21.3 Å². The van der Waals surface area contributed by atoms with E-state index >= 15 is 0 Å². The number of benzene rings is 4. The quantitative estimate of drug-likeness (QED) is 0.194. The van der Waals surface area contributed by atoms with Gasteiger partial charge in [-0.1, -0.05) is 94.8 Å². The molecule has 1 heterocycles. The lowest BCUT2D eigenvalue weighted by Gasteiger charge is -2.11. The van der Waals surface area contributed by atoms with Crippen molar-refractivity contribution < 1.29 is 9.59 Å². The van der Waals surface area contributed by atoms with Gasteiger partial charge in [-0.15, -0.1) is 0 Å².